The summed E-state index contributed by atoms with van der Waals surface area (Å²) in [5.74, 6) is 0. The highest BCUT2D eigenvalue weighted by atomic mass is 16.6. The van der Waals surface area contributed by atoms with Crippen molar-refractivity contribution in [1.29, 1.82) is 0 Å². The van der Waals surface area contributed by atoms with E-state index >= 15 is 0 Å². The molecule has 0 aromatic heterocycles. The maximum absolute atomic E-state index is 5.49. The van der Waals surface area contributed by atoms with E-state index in [4.69, 9.17) is 4.74 Å². The van der Waals surface area contributed by atoms with Crippen LogP contribution in [0.3, 0.4) is 0 Å². The molecule has 2 atom stereocenters. The van der Waals surface area contributed by atoms with Gasteiger partial charge in [0, 0.05) is 0 Å². The summed E-state index contributed by atoms with van der Waals surface area (Å²) in [4.78, 5) is 0. The van der Waals surface area contributed by atoms with Crippen LogP contribution in [0.5, 0.6) is 0 Å². The van der Waals surface area contributed by atoms with Crippen LogP contribution < -0.4 is 0 Å². The Morgan fingerprint density at radius 2 is 2.25 bits per heavy atom. The van der Waals surface area contributed by atoms with Crippen molar-refractivity contribution in [2.24, 2.45) is 0 Å². The van der Waals surface area contributed by atoms with Crippen molar-refractivity contribution in [1.82, 2.24) is 0 Å². The molecule has 68 valence electrons. The second-order valence-corrected chi connectivity index (χ2v) is 3.91. The minimum absolute atomic E-state index is 0.0910. The fraction of sp³-hybridized carbons (Fsp3) is 0.636. The van der Waals surface area contributed by atoms with Crippen LogP contribution in [0.25, 0.3) is 0 Å². The molecule has 1 saturated heterocycles. The third kappa shape index (κ3) is 2.21. The highest BCUT2D eigenvalue weighted by molar-refractivity contribution is 5.09. The molecule has 0 radical (unpaired) electrons. The van der Waals surface area contributed by atoms with Crippen molar-refractivity contribution < 1.29 is 4.74 Å². The van der Waals surface area contributed by atoms with Gasteiger partial charge in [0.25, 0.3) is 0 Å². The predicted molar refractivity (Wildman–Crippen MR) is 52.1 cm³/mol. The van der Waals surface area contributed by atoms with Gasteiger partial charge in [-0.1, -0.05) is 17.7 Å². The Morgan fingerprint density at radius 3 is 2.67 bits per heavy atom. The van der Waals surface area contributed by atoms with Crippen LogP contribution in [-0.4, -0.2) is 11.7 Å². The molecular formula is C11H18O. The second-order valence-electron chi connectivity index (χ2n) is 3.91. The quantitative estimate of drug-likeness (QED) is 0.462. The van der Waals surface area contributed by atoms with E-state index in [1.807, 2.05) is 6.08 Å². The van der Waals surface area contributed by atoms with E-state index in [0.717, 1.165) is 12.8 Å². The van der Waals surface area contributed by atoms with Gasteiger partial charge in [0.1, 0.15) is 6.10 Å². The monoisotopic (exact) mass is 166 g/mol. The molecule has 1 heterocycles. The number of hydrogen-bond acceptors (Lipinski definition) is 1. The zero-order valence-electron chi connectivity index (χ0n) is 8.26. The fourth-order valence-electron chi connectivity index (χ4n) is 1.40. The third-order valence-corrected chi connectivity index (χ3v) is 2.35. The minimum Gasteiger partial charge on any atom is -0.362 e. The van der Waals surface area contributed by atoms with Gasteiger partial charge in [0.2, 0.25) is 0 Å². The zero-order chi connectivity index (χ0) is 9.19. The molecule has 0 amide bonds. The molecule has 1 fully saturated rings. The van der Waals surface area contributed by atoms with Crippen molar-refractivity contribution in [3.8, 4) is 0 Å². The lowest BCUT2D eigenvalue weighted by atomic mass is 10.0. The first kappa shape index (κ1) is 9.53. The van der Waals surface area contributed by atoms with Gasteiger partial charge in [-0.05, 0) is 33.6 Å². The molecule has 1 rings (SSSR count). The summed E-state index contributed by atoms with van der Waals surface area (Å²) >= 11 is 0. The van der Waals surface area contributed by atoms with Gasteiger partial charge in [-0.3, -0.25) is 0 Å². The average molecular weight is 166 g/mol. The molecule has 0 aromatic carbocycles. The van der Waals surface area contributed by atoms with E-state index in [1.165, 1.54) is 5.57 Å². The summed E-state index contributed by atoms with van der Waals surface area (Å²) in [6.07, 6.45) is 6.66. The molecule has 0 N–H and O–H groups in total. The van der Waals surface area contributed by atoms with Gasteiger partial charge < -0.3 is 4.74 Å². The van der Waals surface area contributed by atoms with Crippen molar-refractivity contribution in [3.05, 3.63) is 24.3 Å². The molecule has 0 aromatic rings. The molecular weight excluding hydrogens is 148 g/mol. The SMILES string of the molecule is C=C[C@@H]1O[C@]1(C)CCC=C(C)C. The normalized spacial score (nSPS) is 32.8. The van der Waals surface area contributed by atoms with E-state index in [0.29, 0.717) is 6.10 Å². The van der Waals surface area contributed by atoms with Crippen LogP contribution in [0.1, 0.15) is 33.6 Å². The Hall–Kier alpha value is -0.560. The minimum atomic E-state index is 0.0910. The highest BCUT2D eigenvalue weighted by Crippen LogP contribution is 2.40. The Bertz CT molecular complexity index is 201. The number of rotatable bonds is 4. The Labute approximate surface area is 75.1 Å². The summed E-state index contributed by atoms with van der Waals surface area (Å²) in [6, 6.07) is 0. The molecule has 0 saturated carbocycles. The Morgan fingerprint density at radius 1 is 1.58 bits per heavy atom. The zero-order valence-corrected chi connectivity index (χ0v) is 8.26. The molecule has 0 bridgehead atoms. The standard InChI is InChI=1S/C11H18O/c1-5-10-11(4,12-10)8-6-7-9(2)3/h5,7,10H,1,6,8H2,2-4H3/t10-,11+/m0/s1. The highest BCUT2D eigenvalue weighted by Gasteiger charge is 2.49. The fourth-order valence-corrected chi connectivity index (χ4v) is 1.40. The lowest BCUT2D eigenvalue weighted by molar-refractivity contribution is 0.304. The van der Waals surface area contributed by atoms with Crippen molar-refractivity contribution in [3.63, 3.8) is 0 Å². The number of allylic oxidation sites excluding steroid dienone is 2. The summed E-state index contributed by atoms with van der Waals surface area (Å²) in [7, 11) is 0. The lowest BCUT2D eigenvalue weighted by Gasteiger charge is -2.01. The maximum atomic E-state index is 5.49. The van der Waals surface area contributed by atoms with E-state index in [-0.39, 0.29) is 5.60 Å². The summed E-state index contributed by atoms with van der Waals surface area (Å²) in [5, 5.41) is 0. The van der Waals surface area contributed by atoms with Crippen molar-refractivity contribution >= 4 is 0 Å². The topological polar surface area (TPSA) is 12.5 Å². The molecule has 1 heteroatoms. The molecule has 0 spiro atoms. The van der Waals surface area contributed by atoms with Gasteiger partial charge in [-0.2, -0.15) is 0 Å². The Kier molecular flexibility index (Phi) is 2.73. The molecule has 1 aliphatic rings. The number of ether oxygens (including phenoxy) is 1. The van der Waals surface area contributed by atoms with Gasteiger partial charge in [0.05, 0.1) is 5.60 Å². The summed E-state index contributed by atoms with van der Waals surface area (Å²) in [5.41, 5.74) is 1.47. The predicted octanol–water partition coefficient (Wildman–Crippen LogP) is 3.08. The smallest absolute Gasteiger partial charge is 0.105 e. The number of epoxide rings is 1. The first-order chi connectivity index (χ1) is 5.58. The van der Waals surface area contributed by atoms with E-state index < -0.39 is 0 Å². The molecule has 1 aliphatic heterocycles. The first-order valence-electron chi connectivity index (χ1n) is 4.52. The maximum Gasteiger partial charge on any atom is 0.105 e. The second kappa shape index (κ2) is 3.44. The average Bonchev–Trinajstić information content (AvgIpc) is 2.61. The molecule has 0 unspecified atom stereocenters. The molecule has 1 nitrogen and oxygen atoms in total. The van der Waals surface area contributed by atoms with E-state index in [1.54, 1.807) is 0 Å². The van der Waals surface area contributed by atoms with E-state index in [2.05, 4.69) is 33.4 Å². The van der Waals surface area contributed by atoms with Crippen molar-refractivity contribution in [2.45, 2.75) is 45.3 Å². The van der Waals surface area contributed by atoms with Gasteiger partial charge in [-0.15, -0.1) is 6.58 Å². The van der Waals surface area contributed by atoms with Crippen LogP contribution in [0, 0.1) is 0 Å². The Balaban J connectivity index is 2.25. The summed E-state index contributed by atoms with van der Waals surface area (Å²) < 4.78 is 5.49. The molecule has 12 heavy (non-hydrogen) atoms. The third-order valence-electron chi connectivity index (χ3n) is 2.35. The van der Waals surface area contributed by atoms with Crippen LogP contribution in [-0.2, 0) is 4.74 Å². The molecule has 0 aliphatic carbocycles. The van der Waals surface area contributed by atoms with Crippen LogP contribution in [0.2, 0.25) is 0 Å². The largest absolute Gasteiger partial charge is 0.362 e. The first-order valence-corrected chi connectivity index (χ1v) is 4.52. The van der Waals surface area contributed by atoms with Crippen molar-refractivity contribution in [2.75, 3.05) is 0 Å². The van der Waals surface area contributed by atoms with Gasteiger partial charge >= 0.3 is 0 Å². The van der Waals surface area contributed by atoms with Gasteiger partial charge in [-0.25, -0.2) is 0 Å². The van der Waals surface area contributed by atoms with E-state index in [9.17, 15) is 0 Å². The van der Waals surface area contributed by atoms with Crippen LogP contribution in [0.15, 0.2) is 24.3 Å². The number of hydrogen-bond donors (Lipinski definition) is 0. The van der Waals surface area contributed by atoms with Crippen LogP contribution in [0.4, 0.5) is 0 Å². The van der Waals surface area contributed by atoms with Crippen LogP contribution >= 0.6 is 0 Å². The lowest BCUT2D eigenvalue weighted by Crippen LogP contribution is -2.07. The summed E-state index contributed by atoms with van der Waals surface area (Å²) in [6.45, 7) is 10.1. The van der Waals surface area contributed by atoms with Gasteiger partial charge in [0.15, 0.2) is 0 Å².